The Morgan fingerprint density at radius 3 is 2.67 bits per heavy atom. The van der Waals surface area contributed by atoms with Crippen molar-refractivity contribution in [2.45, 2.75) is 25.8 Å². The average Bonchev–Trinajstić information content (AvgIpc) is 3.07. The summed E-state index contributed by atoms with van der Waals surface area (Å²) in [6, 6.07) is 16.9. The molecule has 1 aliphatic rings. The van der Waals surface area contributed by atoms with Crippen LogP contribution in [0.25, 0.3) is 0 Å². The lowest BCUT2D eigenvalue weighted by Gasteiger charge is -2.25. The summed E-state index contributed by atoms with van der Waals surface area (Å²) in [5, 5.41) is 9.42. The average molecular weight is 521 g/mol. The van der Waals surface area contributed by atoms with Crippen molar-refractivity contribution >= 4 is 41.5 Å². The Morgan fingerprint density at radius 2 is 1.90 bits per heavy atom. The normalized spacial score (nSPS) is 15.2. The number of hydrogen-bond acceptors (Lipinski definition) is 3. The molecule has 1 amide bonds. The van der Waals surface area contributed by atoms with E-state index in [1.165, 1.54) is 11.3 Å². The van der Waals surface area contributed by atoms with Gasteiger partial charge in [0.2, 0.25) is 0 Å². The number of hydrogen-bond donors (Lipinski definition) is 3. The summed E-state index contributed by atoms with van der Waals surface area (Å²) < 4.78 is 0. The molecule has 0 aromatic heterocycles. The summed E-state index contributed by atoms with van der Waals surface area (Å²) in [6.45, 7) is 4.79. The number of benzene rings is 2. The predicted octanol–water partition coefficient (Wildman–Crippen LogP) is 2.82. The molecule has 1 heterocycles. The van der Waals surface area contributed by atoms with Crippen LogP contribution >= 0.6 is 24.0 Å². The van der Waals surface area contributed by atoms with E-state index in [1.54, 1.807) is 14.1 Å². The van der Waals surface area contributed by atoms with E-state index in [0.717, 1.165) is 44.0 Å². The number of rotatable bonds is 7. The van der Waals surface area contributed by atoms with Crippen LogP contribution in [-0.2, 0) is 12.8 Å². The molecule has 2 aromatic rings. The molecular weight excluding hydrogens is 489 g/mol. The van der Waals surface area contributed by atoms with Crippen molar-refractivity contribution in [3.05, 3.63) is 65.2 Å². The molecule has 1 atom stereocenters. The molecule has 0 spiro atoms. The number of carbonyl (C=O) groups excluding carboxylic acids is 1. The smallest absolute Gasteiger partial charge is 0.251 e. The Hall–Kier alpha value is -2.29. The van der Waals surface area contributed by atoms with Crippen LogP contribution in [0.2, 0.25) is 0 Å². The van der Waals surface area contributed by atoms with Crippen molar-refractivity contribution in [3.63, 3.8) is 0 Å². The van der Waals surface area contributed by atoms with Gasteiger partial charge in [0.15, 0.2) is 5.96 Å². The molecule has 1 aliphatic heterocycles. The molecule has 0 bridgehead atoms. The van der Waals surface area contributed by atoms with Gasteiger partial charge >= 0.3 is 0 Å². The molecule has 2 aromatic carbocycles. The number of para-hydroxylation sites is 1. The standard InChI is InChI=1S/C23H31N5O.HI/c1-17-15-19-8-4-5-10-21(19)28(17)14-13-27-23(25-3)26-12-11-18-7-6-9-20(16-18)22(29)24-2;/h4-10,16-17H,11-15H2,1-3H3,(H,24,29)(H2,25,26,27);1H. The largest absolute Gasteiger partial charge is 0.367 e. The number of nitrogens with zero attached hydrogens (tertiary/aromatic N) is 2. The molecule has 0 fully saturated rings. The minimum Gasteiger partial charge on any atom is -0.367 e. The zero-order valence-corrected chi connectivity index (χ0v) is 20.3. The van der Waals surface area contributed by atoms with Gasteiger partial charge in [-0.25, -0.2) is 0 Å². The third kappa shape index (κ3) is 6.10. The predicted molar refractivity (Wildman–Crippen MR) is 135 cm³/mol. The SMILES string of the molecule is CN=C(NCCc1cccc(C(=O)NC)c1)NCCN1c2ccccc2CC1C.I. The van der Waals surface area contributed by atoms with E-state index in [-0.39, 0.29) is 29.9 Å². The number of halogens is 1. The molecule has 162 valence electrons. The molecular formula is C23H32IN5O. The molecule has 3 rings (SSSR count). The Bertz CT molecular complexity index is 870. The van der Waals surface area contributed by atoms with Gasteiger partial charge in [-0.15, -0.1) is 24.0 Å². The van der Waals surface area contributed by atoms with Crippen molar-refractivity contribution in [3.8, 4) is 0 Å². The maximum atomic E-state index is 11.8. The van der Waals surface area contributed by atoms with Gasteiger partial charge in [-0.2, -0.15) is 0 Å². The van der Waals surface area contributed by atoms with E-state index in [9.17, 15) is 4.79 Å². The molecule has 0 saturated carbocycles. The van der Waals surface area contributed by atoms with Crippen molar-refractivity contribution in [2.24, 2.45) is 4.99 Å². The molecule has 0 radical (unpaired) electrons. The number of nitrogens with one attached hydrogen (secondary N) is 3. The van der Waals surface area contributed by atoms with Crippen molar-refractivity contribution < 1.29 is 4.79 Å². The van der Waals surface area contributed by atoms with Crippen LogP contribution in [0.4, 0.5) is 5.69 Å². The second-order valence-electron chi connectivity index (χ2n) is 7.33. The van der Waals surface area contributed by atoms with Crippen molar-refractivity contribution in [1.82, 2.24) is 16.0 Å². The topological polar surface area (TPSA) is 68.8 Å². The molecule has 6 nitrogen and oxygen atoms in total. The van der Waals surface area contributed by atoms with Crippen LogP contribution in [0, 0.1) is 0 Å². The van der Waals surface area contributed by atoms with Crippen molar-refractivity contribution in [1.29, 1.82) is 0 Å². The highest BCUT2D eigenvalue weighted by molar-refractivity contribution is 14.0. The highest BCUT2D eigenvalue weighted by Gasteiger charge is 2.24. The lowest BCUT2D eigenvalue weighted by Crippen LogP contribution is -2.43. The van der Waals surface area contributed by atoms with E-state index >= 15 is 0 Å². The Morgan fingerprint density at radius 1 is 1.13 bits per heavy atom. The Labute approximate surface area is 196 Å². The molecule has 7 heteroatoms. The van der Waals surface area contributed by atoms with Gasteiger partial charge in [0.1, 0.15) is 0 Å². The maximum absolute atomic E-state index is 11.8. The van der Waals surface area contributed by atoms with Crippen LogP contribution in [0.15, 0.2) is 53.5 Å². The van der Waals surface area contributed by atoms with Crippen LogP contribution in [-0.4, -0.2) is 51.6 Å². The highest BCUT2D eigenvalue weighted by atomic mass is 127. The summed E-state index contributed by atoms with van der Waals surface area (Å²) in [6.07, 6.45) is 1.93. The molecule has 0 aliphatic carbocycles. The maximum Gasteiger partial charge on any atom is 0.251 e. The number of carbonyl (C=O) groups is 1. The highest BCUT2D eigenvalue weighted by Crippen LogP contribution is 2.31. The number of fused-ring (bicyclic) bond motifs is 1. The van der Waals surface area contributed by atoms with Crippen LogP contribution < -0.4 is 20.9 Å². The summed E-state index contributed by atoms with van der Waals surface area (Å²) in [4.78, 5) is 18.5. The summed E-state index contributed by atoms with van der Waals surface area (Å²) >= 11 is 0. The van der Waals surface area contributed by atoms with Crippen LogP contribution in [0.5, 0.6) is 0 Å². The van der Waals surface area contributed by atoms with Gasteiger partial charge in [-0.1, -0.05) is 30.3 Å². The minimum absolute atomic E-state index is 0. The fourth-order valence-corrected chi connectivity index (χ4v) is 3.82. The van der Waals surface area contributed by atoms with Crippen LogP contribution in [0.3, 0.4) is 0 Å². The zero-order valence-electron chi connectivity index (χ0n) is 17.9. The third-order valence-corrected chi connectivity index (χ3v) is 5.34. The monoisotopic (exact) mass is 521 g/mol. The number of aliphatic imine (C=N–C) groups is 1. The number of anilines is 1. The van der Waals surface area contributed by atoms with E-state index in [4.69, 9.17) is 0 Å². The number of guanidine groups is 1. The minimum atomic E-state index is -0.0602. The number of amides is 1. The summed E-state index contributed by atoms with van der Waals surface area (Å²) in [5.41, 5.74) is 4.59. The van der Waals surface area contributed by atoms with E-state index < -0.39 is 0 Å². The van der Waals surface area contributed by atoms with Gasteiger partial charge in [-0.3, -0.25) is 9.79 Å². The van der Waals surface area contributed by atoms with Gasteiger partial charge in [0, 0.05) is 51.0 Å². The van der Waals surface area contributed by atoms with E-state index in [2.05, 4.69) is 57.0 Å². The zero-order chi connectivity index (χ0) is 20.6. The van der Waals surface area contributed by atoms with Gasteiger partial charge in [0.05, 0.1) is 0 Å². The first-order chi connectivity index (χ1) is 14.1. The fraction of sp³-hybridized carbons (Fsp3) is 0.391. The molecule has 0 saturated heterocycles. The Balaban J connectivity index is 0.00000320. The second-order valence-corrected chi connectivity index (χ2v) is 7.33. The lowest BCUT2D eigenvalue weighted by molar-refractivity contribution is 0.0963. The van der Waals surface area contributed by atoms with Gasteiger partial charge in [0.25, 0.3) is 5.91 Å². The summed E-state index contributed by atoms with van der Waals surface area (Å²) in [5.74, 6) is 0.739. The van der Waals surface area contributed by atoms with Crippen molar-refractivity contribution in [2.75, 3.05) is 38.6 Å². The molecule has 30 heavy (non-hydrogen) atoms. The van der Waals surface area contributed by atoms with Gasteiger partial charge in [-0.05, 0) is 49.1 Å². The first-order valence-electron chi connectivity index (χ1n) is 10.2. The third-order valence-electron chi connectivity index (χ3n) is 5.34. The van der Waals surface area contributed by atoms with Crippen LogP contribution in [0.1, 0.15) is 28.4 Å². The van der Waals surface area contributed by atoms with E-state index in [1.807, 2.05) is 24.3 Å². The first kappa shape index (κ1) is 24.0. The molecule has 3 N–H and O–H groups in total. The lowest BCUT2D eigenvalue weighted by atomic mass is 10.1. The summed E-state index contributed by atoms with van der Waals surface area (Å²) in [7, 11) is 3.43. The second kappa shape index (κ2) is 11.8. The quantitative estimate of drug-likeness (QED) is 0.298. The molecule has 1 unspecified atom stereocenters. The van der Waals surface area contributed by atoms with Gasteiger partial charge < -0.3 is 20.9 Å². The fourth-order valence-electron chi connectivity index (χ4n) is 3.82. The first-order valence-corrected chi connectivity index (χ1v) is 10.2. The van der Waals surface area contributed by atoms with E-state index in [0.29, 0.717) is 11.6 Å². The Kier molecular flexibility index (Phi) is 9.42.